The lowest BCUT2D eigenvalue weighted by molar-refractivity contribution is -0.148. The Labute approximate surface area is 68.6 Å². The van der Waals surface area contributed by atoms with E-state index in [1.54, 1.807) is 0 Å². The number of hydrogen-bond donors (Lipinski definition) is 0. The van der Waals surface area contributed by atoms with Gasteiger partial charge in [-0.05, 0) is 12.8 Å². The van der Waals surface area contributed by atoms with Gasteiger partial charge in [0.25, 0.3) is 0 Å². The number of amides is 1. The molecule has 1 rings (SSSR count). The molecule has 1 saturated heterocycles. The number of hydrogen-bond acceptors (Lipinski definition) is 1. The van der Waals surface area contributed by atoms with Crippen LogP contribution in [0, 0.1) is 5.92 Å². The summed E-state index contributed by atoms with van der Waals surface area (Å²) in [6, 6.07) is 0. The van der Waals surface area contributed by atoms with Crippen molar-refractivity contribution in [3.8, 4) is 0 Å². The van der Waals surface area contributed by atoms with E-state index in [9.17, 15) is 4.79 Å². The lowest BCUT2D eigenvalue weighted by Gasteiger charge is -2.38. The molecule has 2 nitrogen and oxygen atoms in total. The smallest absolute Gasteiger partial charge is 0.227 e. The molecule has 0 bridgehead atoms. The fourth-order valence-electron chi connectivity index (χ4n) is 1.61. The van der Waals surface area contributed by atoms with Crippen LogP contribution in [0.2, 0.25) is 0 Å². The maximum Gasteiger partial charge on any atom is 0.227 e. The molecule has 0 saturated carbocycles. The van der Waals surface area contributed by atoms with Crippen LogP contribution >= 0.6 is 0 Å². The quantitative estimate of drug-likeness (QED) is 0.565. The second kappa shape index (κ2) is 3.74. The summed E-state index contributed by atoms with van der Waals surface area (Å²) in [4.78, 5) is 13.2. The van der Waals surface area contributed by atoms with Gasteiger partial charge in [-0.1, -0.05) is 20.3 Å². The SMILES string of the molecule is CCCC1CN(CCC)C1=O. The molecule has 0 aromatic rings. The fraction of sp³-hybridized carbons (Fsp3) is 0.889. The first kappa shape index (κ1) is 8.57. The topological polar surface area (TPSA) is 20.3 Å². The molecule has 64 valence electrons. The van der Waals surface area contributed by atoms with Crippen LogP contribution in [0.3, 0.4) is 0 Å². The zero-order valence-electron chi connectivity index (χ0n) is 7.47. The van der Waals surface area contributed by atoms with Crippen LogP contribution in [-0.2, 0) is 4.79 Å². The highest BCUT2D eigenvalue weighted by Gasteiger charge is 2.34. The molecule has 1 amide bonds. The number of nitrogens with zero attached hydrogens (tertiary/aromatic N) is 1. The molecule has 0 spiro atoms. The Balaban J connectivity index is 2.21. The van der Waals surface area contributed by atoms with E-state index in [0.29, 0.717) is 11.8 Å². The van der Waals surface area contributed by atoms with Gasteiger partial charge in [-0.15, -0.1) is 0 Å². The largest absolute Gasteiger partial charge is 0.342 e. The second-order valence-corrected chi connectivity index (χ2v) is 3.27. The van der Waals surface area contributed by atoms with E-state index in [0.717, 1.165) is 32.4 Å². The zero-order chi connectivity index (χ0) is 8.27. The van der Waals surface area contributed by atoms with Crippen LogP contribution < -0.4 is 0 Å². The van der Waals surface area contributed by atoms with Crippen LogP contribution in [0.1, 0.15) is 33.1 Å². The summed E-state index contributed by atoms with van der Waals surface area (Å²) in [6.45, 7) is 6.22. The number of carbonyl (C=O) groups is 1. The minimum atomic E-state index is 0.367. The molecule has 0 aromatic carbocycles. The van der Waals surface area contributed by atoms with E-state index in [2.05, 4.69) is 13.8 Å². The summed E-state index contributed by atoms with van der Waals surface area (Å²) < 4.78 is 0. The van der Waals surface area contributed by atoms with Crippen molar-refractivity contribution >= 4 is 5.91 Å². The molecular formula is C9H17NO. The molecular weight excluding hydrogens is 138 g/mol. The van der Waals surface area contributed by atoms with E-state index in [1.165, 1.54) is 0 Å². The molecule has 1 aliphatic heterocycles. The van der Waals surface area contributed by atoms with Crippen molar-refractivity contribution < 1.29 is 4.79 Å². The van der Waals surface area contributed by atoms with E-state index >= 15 is 0 Å². The predicted molar refractivity (Wildman–Crippen MR) is 45.3 cm³/mol. The molecule has 0 radical (unpaired) electrons. The molecule has 11 heavy (non-hydrogen) atoms. The van der Waals surface area contributed by atoms with Gasteiger partial charge >= 0.3 is 0 Å². The lowest BCUT2D eigenvalue weighted by atomic mass is 9.94. The first-order chi connectivity index (χ1) is 5.29. The molecule has 0 aromatic heterocycles. The van der Waals surface area contributed by atoms with Crippen molar-refractivity contribution in [2.75, 3.05) is 13.1 Å². The van der Waals surface area contributed by atoms with Crippen LogP contribution in [0.4, 0.5) is 0 Å². The molecule has 1 aliphatic rings. The van der Waals surface area contributed by atoms with Gasteiger partial charge < -0.3 is 4.90 Å². The van der Waals surface area contributed by atoms with Crippen molar-refractivity contribution in [3.05, 3.63) is 0 Å². The third-order valence-electron chi connectivity index (χ3n) is 2.23. The molecule has 0 N–H and O–H groups in total. The summed E-state index contributed by atoms with van der Waals surface area (Å²) in [5, 5.41) is 0. The standard InChI is InChI=1S/C9H17NO/c1-3-5-8-7-10(6-4-2)9(8)11/h8H,3-7H2,1-2H3. The van der Waals surface area contributed by atoms with Crippen molar-refractivity contribution in [3.63, 3.8) is 0 Å². The first-order valence-electron chi connectivity index (χ1n) is 4.58. The van der Waals surface area contributed by atoms with E-state index in [1.807, 2.05) is 4.90 Å². The Morgan fingerprint density at radius 1 is 1.45 bits per heavy atom. The predicted octanol–water partition coefficient (Wildman–Crippen LogP) is 1.65. The molecule has 1 atom stereocenters. The Kier molecular flexibility index (Phi) is 2.92. The van der Waals surface area contributed by atoms with Gasteiger partial charge in [0, 0.05) is 13.1 Å². The lowest BCUT2D eigenvalue weighted by Crippen LogP contribution is -2.52. The van der Waals surface area contributed by atoms with Gasteiger partial charge in [0.05, 0.1) is 5.92 Å². The van der Waals surface area contributed by atoms with Gasteiger partial charge in [0.15, 0.2) is 0 Å². The number of carbonyl (C=O) groups excluding carboxylic acids is 1. The van der Waals surface area contributed by atoms with Crippen molar-refractivity contribution in [2.24, 2.45) is 5.92 Å². The van der Waals surface area contributed by atoms with Gasteiger partial charge in [0.2, 0.25) is 5.91 Å². The van der Waals surface area contributed by atoms with Crippen LogP contribution in [0.15, 0.2) is 0 Å². The van der Waals surface area contributed by atoms with Gasteiger partial charge in [-0.2, -0.15) is 0 Å². The Morgan fingerprint density at radius 3 is 2.64 bits per heavy atom. The van der Waals surface area contributed by atoms with Crippen LogP contribution in [-0.4, -0.2) is 23.9 Å². The Hall–Kier alpha value is -0.530. The monoisotopic (exact) mass is 155 g/mol. The van der Waals surface area contributed by atoms with Crippen molar-refractivity contribution in [1.82, 2.24) is 4.90 Å². The van der Waals surface area contributed by atoms with Crippen LogP contribution in [0.5, 0.6) is 0 Å². The summed E-state index contributed by atoms with van der Waals surface area (Å²) in [5.41, 5.74) is 0. The third-order valence-corrected chi connectivity index (χ3v) is 2.23. The summed E-state index contributed by atoms with van der Waals surface area (Å²) in [7, 11) is 0. The zero-order valence-corrected chi connectivity index (χ0v) is 7.47. The van der Waals surface area contributed by atoms with Crippen molar-refractivity contribution in [1.29, 1.82) is 0 Å². The average molecular weight is 155 g/mol. The first-order valence-corrected chi connectivity index (χ1v) is 4.58. The van der Waals surface area contributed by atoms with E-state index < -0.39 is 0 Å². The summed E-state index contributed by atoms with van der Waals surface area (Å²) >= 11 is 0. The highest BCUT2D eigenvalue weighted by atomic mass is 16.2. The highest BCUT2D eigenvalue weighted by molar-refractivity contribution is 5.84. The number of β-lactam (4-membered cyclic amide) rings is 1. The minimum absolute atomic E-state index is 0.367. The normalized spacial score (nSPS) is 23.6. The highest BCUT2D eigenvalue weighted by Crippen LogP contribution is 2.21. The Morgan fingerprint density at radius 2 is 2.18 bits per heavy atom. The minimum Gasteiger partial charge on any atom is -0.342 e. The van der Waals surface area contributed by atoms with Gasteiger partial charge in [-0.25, -0.2) is 0 Å². The van der Waals surface area contributed by atoms with Gasteiger partial charge in [0.1, 0.15) is 0 Å². The Bertz CT molecular complexity index is 130. The summed E-state index contributed by atoms with van der Waals surface area (Å²) in [5.74, 6) is 0.750. The molecule has 2 heteroatoms. The average Bonchev–Trinajstić information content (AvgIpc) is 2.02. The number of rotatable bonds is 4. The van der Waals surface area contributed by atoms with Gasteiger partial charge in [-0.3, -0.25) is 4.79 Å². The molecule has 1 heterocycles. The molecule has 1 fully saturated rings. The molecule has 0 aliphatic carbocycles. The van der Waals surface area contributed by atoms with E-state index in [4.69, 9.17) is 0 Å². The second-order valence-electron chi connectivity index (χ2n) is 3.27. The summed E-state index contributed by atoms with van der Waals surface area (Å²) in [6.07, 6.45) is 3.31. The van der Waals surface area contributed by atoms with Crippen LogP contribution in [0.25, 0.3) is 0 Å². The fourth-order valence-corrected chi connectivity index (χ4v) is 1.61. The third kappa shape index (κ3) is 1.73. The molecule has 1 unspecified atom stereocenters. The number of likely N-dealkylation sites (tertiary alicyclic amines) is 1. The maximum absolute atomic E-state index is 11.3. The van der Waals surface area contributed by atoms with Crippen molar-refractivity contribution in [2.45, 2.75) is 33.1 Å². The maximum atomic E-state index is 11.3. The van der Waals surface area contributed by atoms with E-state index in [-0.39, 0.29) is 0 Å².